The highest BCUT2D eigenvalue weighted by molar-refractivity contribution is 8.00. The molecule has 6 nitrogen and oxygen atoms in total. The van der Waals surface area contributed by atoms with Crippen molar-refractivity contribution < 1.29 is 4.79 Å². The van der Waals surface area contributed by atoms with Crippen molar-refractivity contribution in [2.75, 3.05) is 5.73 Å². The maximum absolute atomic E-state index is 10.7. The third-order valence-corrected chi connectivity index (χ3v) is 2.70. The van der Waals surface area contributed by atoms with Gasteiger partial charge in [0.05, 0.1) is 5.25 Å². The Hall–Kier alpha value is -1.24. The third kappa shape index (κ3) is 2.11. The van der Waals surface area contributed by atoms with Crippen molar-refractivity contribution in [3.8, 4) is 0 Å². The molecule has 1 atom stereocenters. The Bertz CT molecular complexity index is 323. The zero-order valence-corrected chi connectivity index (χ0v) is 8.21. The molecule has 0 radical (unpaired) electrons. The normalized spacial score (nSPS) is 12.8. The van der Waals surface area contributed by atoms with Crippen molar-refractivity contribution in [1.82, 2.24) is 14.8 Å². The van der Waals surface area contributed by atoms with E-state index in [2.05, 4.69) is 10.2 Å². The summed E-state index contributed by atoms with van der Waals surface area (Å²) in [5, 5.41) is 7.68. The number of rotatable bonds is 3. The number of anilines is 1. The molecule has 13 heavy (non-hydrogen) atoms. The third-order valence-electron chi connectivity index (χ3n) is 1.55. The van der Waals surface area contributed by atoms with E-state index in [0.29, 0.717) is 11.1 Å². The van der Waals surface area contributed by atoms with Gasteiger partial charge in [0.15, 0.2) is 5.16 Å². The van der Waals surface area contributed by atoms with Crippen LogP contribution in [0.1, 0.15) is 6.92 Å². The van der Waals surface area contributed by atoms with Crippen LogP contribution in [0.5, 0.6) is 0 Å². The number of hydrogen-bond acceptors (Lipinski definition) is 5. The highest BCUT2D eigenvalue weighted by Crippen LogP contribution is 2.21. The first-order valence-corrected chi connectivity index (χ1v) is 4.51. The molecule has 0 aliphatic rings. The summed E-state index contributed by atoms with van der Waals surface area (Å²) in [5.41, 5.74) is 10.5. The van der Waals surface area contributed by atoms with Crippen LogP contribution in [0.3, 0.4) is 0 Å². The van der Waals surface area contributed by atoms with Crippen LogP contribution in [0.15, 0.2) is 5.16 Å². The van der Waals surface area contributed by atoms with Gasteiger partial charge in [0.1, 0.15) is 0 Å². The first kappa shape index (κ1) is 9.85. The summed E-state index contributed by atoms with van der Waals surface area (Å²) in [6.45, 7) is 1.71. The van der Waals surface area contributed by atoms with Crippen LogP contribution in [-0.4, -0.2) is 25.9 Å². The van der Waals surface area contributed by atoms with Crippen molar-refractivity contribution in [3.05, 3.63) is 0 Å². The molecule has 1 rings (SSSR count). The van der Waals surface area contributed by atoms with E-state index in [-0.39, 0.29) is 11.2 Å². The number of hydrogen-bond donors (Lipinski definition) is 2. The fourth-order valence-corrected chi connectivity index (χ4v) is 1.42. The predicted octanol–water partition coefficient (Wildman–Crippen LogP) is -0.637. The molecule has 7 heteroatoms. The molecule has 72 valence electrons. The summed E-state index contributed by atoms with van der Waals surface area (Å²) in [6, 6.07) is 0. The minimum Gasteiger partial charge on any atom is -0.369 e. The minimum absolute atomic E-state index is 0.319. The van der Waals surface area contributed by atoms with Crippen molar-refractivity contribution >= 4 is 23.6 Å². The number of nitrogens with two attached hydrogens (primary N) is 2. The number of primary amides is 1. The molecule has 4 N–H and O–H groups in total. The second kappa shape index (κ2) is 3.65. The Morgan fingerprint density at radius 2 is 2.23 bits per heavy atom. The van der Waals surface area contributed by atoms with Gasteiger partial charge in [-0.05, 0) is 6.92 Å². The highest BCUT2D eigenvalue weighted by atomic mass is 32.2. The predicted molar refractivity (Wildman–Crippen MR) is 49.9 cm³/mol. The molecule has 0 fully saturated rings. The van der Waals surface area contributed by atoms with E-state index in [9.17, 15) is 4.79 Å². The van der Waals surface area contributed by atoms with Gasteiger partial charge in [-0.2, -0.15) is 0 Å². The summed E-state index contributed by atoms with van der Waals surface area (Å²) in [5.74, 6) is -0.0641. The fourth-order valence-electron chi connectivity index (χ4n) is 0.645. The van der Waals surface area contributed by atoms with E-state index in [4.69, 9.17) is 11.5 Å². The second-order valence-electron chi connectivity index (χ2n) is 2.56. The van der Waals surface area contributed by atoms with E-state index < -0.39 is 0 Å². The highest BCUT2D eigenvalue weighted by Gasteiger charge is 2.14. The molecule has 1 aromatic rings. The number of nitrogens with zero attached hydrogens (tertiary/aromatic N) is 3. The van der Waals surface area contributed by atoms with Gasteiger partial charge in [0, 0.05) is 7.05 Å². The van der Waals surface area contributed by atoms with Crippen LogP contribution in [0.4, 0.5) is 5.95 Å². The van der Waals surface area contributed by atoms with Gasteiger partial charge in [-0.25, -0.2) is 0 Å². The summed E-state index contributed by atoms with van der Waals surface area (Å²) in [6.07, 6.45) is 0. The van der Waals surface area contributed by atoms with Gasteiger partial charge in [-0.15, -0.1) is 10.2 Å². The molecule has 0 aromatic carbocycles. The number of carbonyl (C=O) groups is 1. The molecule has 0 saturated heterocycles. The molecule has 0 aliphatic heterocycles. The van der Waals surface area contributed by atoms with Gasteiger partial charge in [0.25, 0.3) is 0 Å². The molecule has 0 spiro atoms. The topological polar surface area (TPSA) is 99.8 Å². The van der Waals surface area contributed by atoms with Gasteiger partial charge in [-0.3, -0.25) is 9.36 Å². The molecule has 0 saturated carbocycles. The molecule has 1 unspecified atom stereocenters. The Balaban J connectivity index is 2.74. The zero-order chi connectivity index (χ0) is 10.0. The monoisotopic (exact) mass is 201 g/mol. The van der Waals surface area contributed by atoms with E-state index in [1.807, 2.05) is 0 Å². The molecule has 0 bridgehead atoms. The summed E-state index contributed by atoms with van der Waals surface area (Å²) >= 11 is 1.23. The maximum atomic E-state index is 10.7. The molecule has 1 aromatic heterocycles. The van der Waals surface area contributed by atoms with Crippen molar-refractivity contribution in [2.24, 2.45) is 12.8 Å². The van der Waals surface area contributed by atoms with Gasteiger partial charge >= 0.3 is 0 Å². The first-order chi connectivity index (χ1) is 6.02. The Morgan fingerprint density at radius 1 is 1.62 bits per heavy atom. The SMILES string of the molecule is CC(Sc1nnc(N)n1C)C(N)=O. The van der Waals surface area contributed by atoms with Gasteiger partial charge < -0.3 is 11.5 Å². The number of nitrogen functional groups attached to an aromatic ring is 1. The lowest BCUT2D eigenvalue weighted by Gasteiger charge is -2.05. The maximum Gasteiger partial charge on any atom is 0.230 e. The van der Waals surface area contributed by atoms with E-state index in [1.165, 1.54) is 11.8 Å². The van der Waals surface area contributed by atoms with Crippen LogP contribution in [0, 0.1) is 0 Å². The molecule has 1 amide bonds. The van der Waals surface area contributed by atoms with E-state index >= 15 is 0 Å². The standard InChI is InChI=1S/C6H11N5OS/c1-3(4(7)12)13-6-10-9-5(8)11(6)2/h3H,1-2H3,(H2,7,12)(H2,8,9). The fraction of sp³-hybridized carbons (Fsp3) is 0.500. The Kier molecular flexibility index (Phi) is 2.76. The average molecular weight is 201 g/mol. The molecular weight excluding hydrogens is 190 g/mol. The lowest BCUT2D eigenvalue weighted by atomic mass is 10.5. The first-order valence-electron chi connectivity index (χ1n) is 3.63. The number of thioether (sulfide) groups is 1. The van der Waals surface area contributed by atoms with Crippen molar-refractivity contribution in [3.63, 3.8) is 0 Å². The van der Waals surface area contributed by atoms with Gasteiger partial charge in [-0.1, -0.05) is 11.8 Å². The summed E-state index contributed by atoms with van der Waals surface area (Å²) in [7, 11) is 1.73. The van der Waals surface area contributed by atoms with Crippen molar-refractivity contribution in [1.29, 1.82) is 0 Å². The van der Waals surface area contributed by atoms with Crippen LogP contribution >= 0.6 is 11.8 Å². The van der Waals surface area contributed by atoms with E-state index in [0.717, 1.165) is 0 Å². The summed E-state index contributed by atoms with van der Waals surface area (Å²) < 4.78 is 1.60. The molecular formula is C6H11N5OS. The second-order valence-corrected chi connectivity index (χ2v) is 3.87. The Morgan fingerprint density at radius 3 is 2.62 bits per heavy atom. The largest absolute Gasteiger partial charge is 0.369 e. The van der Waals surface area contributed by atoms with Crippen LogP contribution in [0.2, 0.25) is 0 Å². The van der Waals surface area contributed by atoms with E-state index in [1.54, 1.807) is 18.5 Å². The number of carbonyl (C=O) groups excluding carboxylic acids is 1. The number of aromatic nitrogens is 3. The quantitative estimate of drug-likeness (QED) is 0.634. The average Bonchev–Trinajstić information content (AvgIpc) is 2.36. The van der Waals surface area contributed by atoms with Crippen LogP contribution < -0.4 is 11.5 Å². The lowest BCUT2D eigenvalue weighted by molar-refractivity contribution is -0.117. The number of amides is 1. The van der Waals surface area contributed by atoms with Crippen molar-refractivity contribution in [2.45, 2.75) is 17.3 Å². The lowest BCUT2D eigenvalue weighted by Crippen LogP contribution is -2.22. The summed E-state index contributed by atoms with van der Waals surface area (Å²) in [4.78, 5) is 10.7. The molecule has 1 heterocycles. The zero-order valence-electron chi connectivity index (χ0n) is 7.39. The molecule has 0 aliphatic carbocycles. The van der Waals surface area contributed by atoms with Crippen LogP contribution in [0.25, 0.3) is 0 Å². The smallest absolute Gasteiger partial charge is 0.230 e. The van der Waals surface area contributed by atoms with Gasteiger partial charge in [0.2, 0.25) is 11.9 Å². The van der Waals surface area contributed by atoms with Crippen LogP contribution in [-0.2, 0) is 11.8 Å². The minimum atomic E-state index is -0.383. The Labute approximate surface area is 79.7 Å².